The maximum atomic E-state index is 12.9. The van der Waals surface area contributed by atoms with E-state index in [1.165, 1.54) is 0 Å². The highest BCUT2D eigenvalue weighted by Gasteiger charge is 2.40. The molecular formula is C22H28N2O3. The van der Waals surface area contributed by atoms with Crippen molar-refractivity contribution in [3.05, 3.63) is 65.7 Å². The molecule has 3 rings (SSSR count). The molecule has 0 spiro atoms. The Morgan fingerprint density at radius 1 is 1.15 bits per heavy atom. The number of piperidine rings is 1. The number of hydrogen-bond donors (Lipinski definition) is 0. The fourth-order valence-electron chi connectivity index (χ4n) is 3.42. The van der Waals surface area contributed by atoms with E-state index < -0.39 is 25.5 Å². The maximum absolute atomic E-state index is 12.9. The summed E-state index contributed by atoms with van der Waals surface area (Å²) in [6.07, 6.45) is 0.739. The summed E-state index contributed by atoms with van der Waals surface area (Å²) < 4.78 is 57.0. The van der Waals surface area contributed by atoms with Gasteiger partial charge >= 0.3 is 5.97 Å². The Bertz CT molecular complexity index is 927. The number of likely N-dealkylation sites (tertiary alicyclic amines) is 1. The molecule has 0 aromatic heterocycles. The van der Waals surface area contributed by atoms with Crippen LogP contribution in [0.1, 0.15) is 37.0 Å². The first-order valence-corrected chi connectivity index (χ1v) is 8.88. The van der Waals surface area contributed by atoms with Crippen molar-refractivity contribution in [2.45, 2.75) is 18.4 Å². The van der Waals surface area contributed by atoms with Crippen molar-refractivity contribution in [1.82, 2.24) is 9.80 Å². The van der Waals surface area contributed by atoms with Gasteiger partial charge in [0, 0.05) is 34.2 Å². The molecule has 2 aromatic carbocycles. The van der Waals surface area contributed by atoms with E-state index in [1.807, 2.05) is 24.3 Å². The van der Waals surface area contributed by atoms with Gasteiger partial charge in [-0.15, -0.1) is 0 Å². The van der Waals surface area contributed by atoms with E-state index in [9.17, 15) is 4.79 Å². The summed E-state index contributed by atoms with van der Waals surface area (Å²) in [6, 6.07) is 16.0. The quantitative estimate of drug-likeness (QED) is 0.725. The molecule has 0 amide bonds. The molecule has 5 heteroatoms. The second-order valence-corrected chi connectivity index (χ2v) is 6.67. The fourth-order valence-corrected chi connectivity index (χ4v) is 3.42. The van der Waals surface area contributed by atoms with Crippen LogP contribution in [-0.2, 0) is 10.3 Å². The summed E-state index contributed by atoms with van der Waals surface area (Å²) in [5, 5.41) is 0. The van der Waals surface area contributed by atoms with Crippen LogP contribution in [0, 0.1) is 0 Å². The van der Waals surface area contributed by atoms with Crippen molar-refractivity contribution < 1.29 is 22.5 Å². The topological polar surface area (TPSA) is 42.0 Å². The van der Waals surface area contributed by atoms with Crippen LogP contribution in [0.5, 0.6) is 5.75 Å². The lowest BCUT2D eigenvalue weighted by Crippen LogP contribution is -2.47. The predicted molar refractivity (Wildman–Crippen MR) is 106 cm³/mol. The second kappa shape index (κ2) is 8.55. The van der Waals surface area contributed by atoms with Crippen molar-refractivity contribution in [1.29, 1.82) is 0 Å². The van der Waals surface area contributed by atoms with Gasteiger partial charge in [-0.3, -0.25) is 9.80 Å². The average Bonchev–Trinajstić information content (AvgIpc) is 2.77. The molecule has 0 aliphatic carbocycles. The minimum Gasteiger partial charge on any atom is -0.497 e. The smallest absolute Gasteiger partial charge is 0.339 e. The van der Waals surface area contributed by atoms with Crippen molar-refractivity contribution in [3.63, 3.8) is 0 Å². The van der Waals surface area contributed by atoms with Gasteiger partial charge in [-0.25, -0.2) is 4.79 Å². The Kier molecular flexibility index (Phi) is 4.09. The van der Waals surface area contributed by atoms with E-state index in [0.717, 1.165) is 5.56 Å². The van der Waals surface area contributed by atoms with Crippen LogP contribution in [0.2, 0.25) is 0 Å². The Labute approximate surface area is 169 Å². The maximum Gasteiger partial charge on any atom is 0.339 e. The largest absolute Gasteiger partial charge is 0.497 e. The number of rotatable bonds is 6. The number of hydrogen-bond acceptors (Lipinski definition) is 5. The molecule has 0 N–H and O–H groups in total. The summed E-state index contributed by atoms with van der Waals surface area (Å²) in [7, 11) is 1.56. The number of benzene rings is 2. The summed E-state index contributed by atoms with van der Waals surface area (Å²) in [5.41, 5.74) is 0.246. The summed E-state index contributed by atoms with van der Waals surface area (Å²) >= 11 is 0. The molecule has 0 atom stereocenters. The van der Waals surface area contributed by atoms with Crippen molar-refractivity contribution in [3.8, 4) is 5.75 Å². The van der Waals surface area contributed by atoms with Crippen molar-refractivity contribution >= 4 is 5.97 Å². The first kappa shape index (κ1) is 12.9. The highest BCUT2D eigenvalue weighted by molar-refractivity contribution is 5.89. The number of carbonyl (C=O) groups excluding carboxylic acids is 1. The molecule has 1 aliphatic heterocycles. The van der Waals surface area contributed by atoms with Crippen LogP contribution in [0.15, 0.2) is 54.6 Å². The van der Waals surface area contributed by atoms with E-state index in [0.29, 0.717) is 42.1 Å². The Morgan fingerprint density at radius 3 is 2.56 bits per heavy atom. The Morgan fingerprint density at radius 2 is 1.89 bits per heavy atom. The zero-order valence-corrected chi connectivity index (χ0v) is 15.4. The van der Waals surface area contributed by atoms with Crippen LogP contribution < -0.4 is 4.74 Å². The molecule has 5 nitrogen and oxygen atoms in total. The van der Waals surface area contributed by atoms with Crippen LogP contribution in [0.25, 0.3) is 0 Å². The van der Waals surface area contributed by atoms with E-state index in [2.05, 4.69) is 0 Å². The van der Waals surface area contributed by atoms with Crippen LogP contribution in [0.3, 0.4) is 0 Å². The number of methoxy groups -OCH3 is 1. The molecule has 27 heavy (non-hydrogen) atoms. The third-order valence-corrected chi connectivity index (χ3v) is 4.90. The predicted octanol–water partition coefficient (Wildman–Crippen LogP) is 3.36. The van der Waals surface area contributed by atoms with Gasteiger partial charge < -0.3 is 9.47 Å². The lowest BCUT2D eigenvalue weighted by atomic mass is 9.84. The molecule has 0 bridgehead atoms. The summed E-state index contributed by atoms with van der Waals surface area (Å²) in [6.45, 7) is -5.06. The molecule has 0 saturated carbocycles. The van der Waals surface area contributed by atoms with Crippen molar-refractivity contribution in [2.75, 3.05) is 40.8 Å². The number of esters is 1. The monoisotopic (exact) mass is 374 g/mol. The number of ether oxygens (including phenoxy) is 2. The minimum atomic E-state index is -2.76. The first-order chi connectivity index (χ1) is 15.4. The van der Waals surface area contributed by atoms with E-state index in [4.69, 9.17) is 17.7 Å². The zero-order valence-electron chi connectivity index (χ0n) is 21.4. The first-order valence-electron chi connectivity index (χ1n) is 11.9. The van der Waals surface area contributed by atoms with E-state index >= 15 is 0 Å². The van der Waals surface area contributed by atoms with E-state index in [1.54, 1.807) is 42.3 Å². The highest BCUT2D eigenvalue weighted by atomic mass is 16.6. The van der Waals surface area contributed by atoms with Crippen LogP contribution >= 0.6 is 0 Å². The van der Waals surface area contributed by atoms with Gasteiger partial charge in [0.15, 0.2) is 0 Å². The zero-order chi connectivity index (χ0) is 24.3. The van der Waals surface area contributed by atoms with Gasteiger partial charge in [-0.1, -0.05) is 30.3 Å². The SMILES string of the molecule is [2H]C([2H])([2H])N(CN1CCC(OC(=O)c2ccccc2)(c2cccc(OC)c2)CC1)C([2H])([2H])[2H]. The van der Waals surface area contributed by atoms with Gasteiger partial charge in [0.25, 0.3) is 0 Å². The van der Waals surface area contributed by atoms with Gasteiger partial charge in [-0.2, -0.15) is 0 Å². The molecule has 0 unspecified atom stereocenters. The second-order valence-electron chi connectivity index (χ2n) is 6.67. The number of nitrogens with zero attached hydrogens (tertiary/aromatic N) is 2. The Hall–Kier alpha value is -2.37. The third-order valence-electron chi connectivity index (χ3n) is 4.90. The normalized spacial score (nSPS) is 21.1. The molecule has 1 heterocycles. The minimum absolute atomic E-state index is 0.242. The van der Waals surface area contributed by atoms with Crippen molar-refractivity contribution in [2.24, 2.45) is 0 Å². The average molecular weight is 375 g/mol. The summed E-state index contributed by atoms with van der Waals surface area (Å²) in [5.74, 6) is 0.166. The van der Waals surface area contributed by atoms with E-state index in [-0.39, 0.29) is 6.67 Å². The molecule has 1 saturated heterocycles. The molecule has 1 aliphatic rings. The molecule has 144 valence electrons. The highest BCUT2D eigenvalue weighted by Crippen LogP contribution is 2.39. The lowest BCUT2D eigenvalue weighted by Gasteiger charge is -2.42. The molecule has 2 aromatic rings. The molecular weight excluding hydrogens is 340 g/mol. The Balaban J connectivity index is 1.84. The van der Waals surface area contributed by atoms with Crippen LogP contribution in [0.4, 0.5) is 0 Å². The van der Waals surface area contributed by atoms with Gasteiger partial charge in [0.05, 0.1) is 19.3 Å². The third kappa shape index (κ3) is 4.67. The lowest BCUT2D eigenvalue weighted by molar-refractivity contribution is -0.0600. The summed E-state index contributed by atoms with van der Waals surface area (Å²) in [4.78, 5) is 15.2. The van der Waals surface area contributed by atoms with Gasteiger partial charge in [0.2, 0.25) is 0 Å². The molecule has 1 fully saturated rings. The van der Waals surface area contributed by atoms with Gasteiger partial charge in [-0.05, 0) is 43.8 Å². The number of carbonyl (C=O) groups is 1. The fraction of sp³-hybridized carbons (Fsp3) is 0.409. The van der Waals surface area contributed by atoms with Crippen LogP contribution in [-0.4, -0.2) is 56.6 Å². The van der Waals surface area contributed by atoms with Gasteiger partial charge in [0.1, 0.15) is 11.4 Å². The standard InChI is InChI=1S/C22H28N2O3/c1-23(2)17-24-14-12-22(13-15-24,19-10-7-11-20(16-19)26-3)27-21(25)18-8-5-4-6-9-18/h4-11,16H,12-15,17H2,1-3H3/i1D3,2D3. The molecule has 0 radical (unpaired) electrons.